The fraction of sp³-hybridized carbons (Fsp3) is 0. The number of halogens is 2. The molecule has 0 fully saturated rings. The number of hydrogen-bond acceptors (Lipinski definition) is 5. The second kappa shape index (κ2) is 4.46. The second-order valence-corrected chi connectivity index (χ2v) is 3.40. The van der Waals surface area contributed by atoms with Crippen LogP contribution >= 0.6 is 23.2 Å². The molecule has 0 aromatic carbocycles. The van der Waals surface area contributed by atoms with E-state index < -0.39 is 5.91 Å². The maximum Gasteiger partial charge on any atom is 0.311 e. The van der Waals surface area contributed by atoms with Crippen molar-refractivity contribution in [3.63, 3.8) is 0 Å². The van der Waals surface area contributed by atoms with Crippen molar-refractivity contribution < 1.29 is 9.21 Å². The Kier molecular flexibility index (Phi) is 3.02. The molecule has 8 heteroatoms. The molecular formula is C8H4Cl2N4O2. The molecule has 2 heterocycles. The van der Waals surface area contributed by atoms with Crippen molar-refractivity contribution in [1.82, 2.24) is 15.0 Å². The predicted molar refractivity (Wildman–Crippen MR) is 56.5 cm³/mol. The number of nitrogens with zero attached hydrogens (tertiary/aromatic N) is 3. The normalized spacial score (nSPS) is 10.1. The highest BCUT2D eigenvalue weighted by Crippen LogP contribution is 2.11. The minimum atomic E-state index is -0.544. The van der Waals surface area contributed by atoms with Gasteiger partial charge in [-0.3, -0.25) is 4.79 Å². The Hall–Kier alpha value is -1.66. The number of aromatic nitrogens is 3. The van der Waals surface area contributed by atoms with E-state index in [4.69, 9.17) is 27.6 Å². The van der Waals surface area contributed by atoms with Crippen LogP contribution in [0.15, 0.2) is 23.1 Å². The summed E-state index contributed by atoms with van der Waals surface area (Å²) in [7, 11) is 0. The van der Waals surface area contributed by atoms with Crippen LogP contribution in [0.1, 0.15) is 10.7 Å². The summed E-state index contributed by atoms with van der Waals surface area (Å²) in [5.74, 6) is -0.683. The molecule has 2 rings (SSSR count). The first-order valence-corrected chi connectivity index (χ1v) is 4.80. The molecule has 0 aliphatic carbocycles. The Bertz CT molecular complexity index is 511. The van der Waals surface area contributed by atoms with Crippen LogP contribution in [0, 0.1) is 0 Å². The third-order valence-corrected chi connectivity index (χ3v) is 1.92. The number of anilines is 1. The molecule has 0 saturated carbocycles. The summed E-state index contributed by atoms with van der Waals surface area (Å²) in [5.41, 5.74) is 0.378. The molecule has 0 aliphatic rings. The molecule has 6 nitrogen and oxygen atoms in total. The van der Waals surface area contributed by atoms with Gasteiger partial charge in [-0.2, -0.15) is 4.98 Å². The first-order chi connectivity index (χ1) is 7.65. The van der Waals surface area contributed by atoms with Gasteiger partial charge in [-0.15, -0.1) is 0 Å². The van der Waals surface area contributed by atoms with Crippen LogP contribution in [0.2, 0.25) is 10.4 Å². The van der Waals surface area contributed by atoms with Crippen LogP contribution in [0.4, 0.5) is 5.69 Å². The van der Waals surface area contributed by atoms with Crippen LogP contribution in [-0.4, -0.2) is 20.9 Å². The summed E-state index contributed by atoms with van der Waals surface area (Å²) in [5, 5.41) is 2.66. The van der Waals surface area contributed by atoms with E-state index in [-0.39, 0.29) is 16.3 Å². The number of amides is 1. The van der Waals surface area contributed by atoms with Gasteiger partial charge in [0.15, 0.2) is 5.15 Å². The molecule has 0 atom stereocenters. The minimum absolute atomic E-state index is 0.0946. The largest absolute Gasteiger partial charge is 0.439 e. The topological polar surface area (TPSA) is 80.9 Å². The molecule has 16 heavy (non-hydrogen) atoms. The summed E-state index contributed by atoms with van der Waals surface area (Å²) >= 11 is 11.0. The number of nitrogens with one attached hydrogen (secondary N) is 1. The molecular weight excluding hydrogens is 255 g/mol. The first kappa shape index (κ1) is 10.8. The number of carbonyl (C=O) groups excluding carboxylic acids is 1. The molecule has 0 saturated heterocycles. The Labute approximate surface area is 99.6 Å². The van der Waals surface area contributed by atoms with Gasteiger partial charge in [0.2, 0.25) is 5.28 Å². The smallest absolute Gasteiger partial charge is 0.311 e. The van der Waals surface area contributed by atoms with Crippen LogP contribution in [0.25, 0.3) is 0 Å². The van der Waals surface area contributed by atoms with E-state index in [2.05, 4.69) is 20.3 Å². The van der Waals surface area contributed by atoms with Crippen LogP contribution in [-0.2, 0) is 0 Å². The molecule has 0 aliphatic heterocycles. The van der Waals surface area contributed by atoms with E-state index in [1.54, 1.807) is 0 Å². The van der Waals surface area contributed by atoms with E-state index >= 15 is 0 Å². The Morgan fingerprint density at radius 2 is 2.00 bits per heavy atom. The van der Waals surface area contributed by atoms with Gasteiger partial charge in [-0.05, 0) is 11.6 Å². The average molecular weight is 259 g/mol. The fourth-order valence-corrected chi connectivity index (χ4v) is 1.14. The van der Waals surface area contributed by atoms with Crippen LogP contribution < -0.4 is 5.32 Å². The van der Waals surface area contributed by atoms with Gasteiger partial charge in [0.25, 0.3) is 5.89 Å². The van der Waals surface area contributed by atoms with Crippen LogP contribution in [0.3, 0.4) is 0 Å². The first-order valence-electron chi connectivity index (χ1n) is 4.05. The SMILES string of the molecule is O=C(Nc1cnc(Cl)nc1)c1nc(Cl)co1. The van der Waals surface area contributed by atoms with E-state index in [0.29, 0.717) is 5.69 Å². The molecule has 1 amide bonds. The van der Waals surface area contributed by atoms with Gasteiger partial charge in [-0.1, -0.05) is 11.6 Å². The Balaban J connectivity index is 2.10. The van der Waals surface area contributed by atoms with Crippen molar-refractivity contribution in [1.29, 1.82) is 0 Å². The lowest BCUT2D eigenvalue weighted by Crippen LogP contribution is -2.12. The Morgan fingerprint density at radius 1 is 1.31 bits per heavy atom. The molecule has 82 valence electrons. The molecule has 1 N–H and O–H groups in total. The Morgan fingerprint density at radius 3 is 2.56 bits per heavy atom. The average Bonchev–Trinajstić information content (AvgIpc) is 2.68. The van der Waals surface area contributed by atoms with Gasteiger partial charge < -0.3 is 9.73 Å². The van der Waals surface area contributed by atoms with E-state index in [1.807, 2.05) is 0 Å². The summed E-state index contributed by atoms with van der Waals surface area (Å²) in [6.45, 7) is 0. The fourth-order valence-electron chi connectivity index (χ4n) is 0.920. The molecule has 2 aromatic heterocycles. The lowest BCUT2D eigenvalue weighted by atomic mass is 10.5. The molecule has 2 aromatic rings. The minimum Gasteiger partial charge on any atom is -0.439 e. The lowest BCUT2D eigenvalue weighted by Gasteiger charge is -2.00. The highest BCUT2D eigenvalue weighted by Gasteiger charge is 2.12. The van der Waals surface area contributed by atoms with Crippen molar-refractivity contribution in [2.24, 2.45) is 0 Å². The third kappa shape index (κ3) is 2.47. The van der Waals surface area contributed by atoms with E-state index in [1.165, 1.54) is 12.4 Å². The highest BCUT2D eigenvalue weighted by molar-refractivity contribution is 6.29. The van der Waals surface area contributed by atoms with E-state index in [9.17, 15) is 4.79 Å². The second-order valence-electron chi connectivity index (χ2n) is 2.67. The molecule has 0 unspecified atom stereocenters. The maximum absolute atomic E-state index is 11.5. The zero-order valence-corrected chi connectivity index (χ0v) is 9.16. The number of carbonyl (C=O) groups is 1. The quantitative estimate of drug-likeness (QED) is 0.834. The summed E-state index contributed by atoms with van der Waals surface area (Å²) in [6.07, 6.45) is 3.88. The van der Waals surface area contributed by atoms with Gasteiger partial charge in [0.05, 0.1) is 18.1 Å². The summed E-state index contributed by atoms with van der Waals surface area (Å²) in [6, 6.07) is 0. The van der Waals surface area contributed by atoms with Crippen molar-refractivity contribution >= 4 is 34.8 Å². The summed E-state index contributed by atoms with van der Waals surface area (Å²) < 4.78 is 4.80. The van der Waals surface area contributed by atoms with Gasteiger partial charge in [0.1, 0.15) is 6.26 Å². The zero-order valence-electron chi connectivity index (χ0n) is 7.65. The molecule has 0 bridgehead atoms. The standard InChI is InChI=1S/C8H4Cl2N4O2/c9-5-3-16-7(14-5)6(15)13-4-1-11-8(10)12-2-4/h1-3H,(H,13,15). The number of hydrogen-bond donors (Lipinski definition) is 1. The van der Waals surface area contributed by atoms with Crippen molar-refractivity contribution in [2.45, 2.75) is 0 Å². The zero-order chi connectivity index (χ0) is 11.5. The molecule has 0 radical (unpaired) electrons. The van der Waals surface area contributed by atoms with Crippen molar-refractivity contribution in [2.75, 3.05) is 5.32 Å². The number of oxazole rings is 1. The van der Waals surface area contributed by atoms with Gasteiger partial charge in [-0.25, -0.2) is 9.97 Å². The van der Waals surface area contributed by atoms with E-state index in [0.717, 1.165) is 6.26 Å². The van der Waals surface area contributed by atoms with Crippen molar-refractivity contribution in [3.05, 3.63) is 35.0 Å². The van der Waals surface area contributed by atoms with Crippen molar-refractivity contribution in [3.8, 4) is 0 Å². The predicted octanol–water partition coefficient (Wildman–Crippen LogP) is 2.02. The monoisotopic (exact) mass is 258 g/mol. The van der Waals surface area contributed by atoms with Gasteiger partial charge >= 0.3 is 5.91 Å². The number of rotatable bonds is 2. The highest BCUT2D eigenvalue weighted by atomic mass is 35.5. The third-order valence-electron chi connectivity index (χ3n) is 1.55. The molecule has 0 spiro atoms. The van der Waals surface area contributed by atoms with Crippen LogP contribution in [0.5, 0.6) is 0 Å². The summed E-state index contributed by atoms with van der Waals surface area (Å²) in [4.78, 5) is 22.5. The maximum atomic E-state index is 11.5. The van der Waals surface area contributed by atoms with Gasteiger partial charge in [0, 0.05) is 0 Å². The lowest BCUT2D eigenvalue weighted by molar-refractivity contribution is 0.0990.